The van der Waals surface area contributed by atoms with Crippen LogP contribution in [0, 0.1) is 5.41 Å². The number of carboxylic acids is 1. The molecule has 0 radical (unpaired) electrons. The average Bonchev–Trinajstić information content (AvgIpc) is 2.34. The van der Waals surface area contributed by atoms with Crippen molar-refractivity contribution in [3.8, 4) is 0 Å². The van der Waals surface area contributed by atoms with Crippen LogP contribution in [0.4, 0.5) is 0 Å². The Morgan fingerprint density at radius 3 is 2.39 bits per heavy atom. The molecular weight excluding hydrogens is 232 g/mol. The van der Waals surface area contributed by atoms with E-state index >= 15 is 0 Å². The number of aliphatic carboxylic acids is 1. The minimum atomic E-state index is -0.854. The normalized spacial score (nSPS) is 11.4. The van der Waals surface area contributed by atoms with Crippen LogP contribution in [0.15, 0.2) is 30.3 Å². The van der Waals surface area contributed by atoms with Gasteiger partial charge in [-0.1, -0.05) is 30.3 Å². The lowest BCUT2D eigenvalue weighted by Crippen LogP contribution is -2.29. The Morgan fingerprint density at radius 1 is 1.17 bits per heavy atom. The van der Waals surface area contributed by atoms with E-state index in [4.69, 9.17) is 14.6 Å². The molecule has 4 nitrogen and oxygen atoms in total. The van der Waals surface area contributed by atoms with E-state index in [-0.39, 0.29) is 6.61 Å². The first-order chi connectivity index (χ1) is 8.52. The minimum absolute atomic E-state index is 0.191. The monoisotopic (exact) mass is 252 g/mol. The van der Waals surface area contributed by atoms with Gasteiger partial charge in [-0.2, -0.15) is 0 Å². The predicted octanol–water partition coefficient (Wildman–Crippen LogP) is 2.33. The van der Waals surface area contributed by atoms with Crippen LogP contribution in [0.2, 0.25) is 0 Å². The molecule has 0 fully saturated rings. The molecule has 1 aromatic carbocycles. The summed E-state index contributed by atoms with van der Waals surface area (Å²) in [5.41, 5.74) is 0.266. The van der Waals surface area contributed by atoms with E-state index in [0.29, 0.717) is 19.8 Å². The zero-order valence-corrected chi connectivity index (χ0v) is 10.9. The fourth-order valence-electron chi connectivity index (χ4n) is 1.27. The highest BCUT2D eigenvalue weighted by atomic mass is 16.5. The SMILES string of the molecule is CC(C)(COCCOCc1ccccc1)C(=O)O. The van der Waals surface area contributed by atoms with Gasteiger partial charge in [0.2, 0.25) is 0 Å². The zero-order valence-electron chi connectivity index (χ0n) is 10.9. The van der Waals surface area contributed by atoms with Crippen LogP contribution in [0.25, 0.3) is 0 Å². The number of hydrogen-bond acceptors (Lipinski definition) is 3. The number of hydrogen-bond donors (Lipinski definition) is 1. The Morgan fingerprint density at radius 2 is 1.78 bits per heavy atom. The third kappa shape index (κ3) is 5.29. The van der Waals surface area contributed by atoms with Crippen LogP contribution >= 0.6 is 0 Å². The Labute approximate surface area is 108 Å². The third-order valence-corrected chi connectivity index (χ3v) is 2.53. The lowest BCUT2D eigenvalue weighted by molar-refractivity contribution is -0.150. The summed E-state index contributed by atoms with van der Waals surface area (Å²) in [6.07, 6.45) is 0. The van der Waals surface area contributed by atoms with Gasteiger partial charge in [0.05, 0.1) is 31.8 Å². The van der Waals surface area contributed by atoms with Gasteiger partial charge in [0.1, 0.15) is 0 Å². The summed E-state index contributed by atoms with van der Waals surface area (Å²) < 4.78 is 10.7. The highest BCUT2D eigenvalue weighted by Gasteiger charge is 2.27. The van der Waals surface area contributed by atoms with E-state index in [2.05, 4.69) is 0 Å². The third-order valence-electron chi connectivity index (χ3n) is 2.53. The quantitative estimate of drug-likeness (QED) is 0.721. The second-order valence-corrected chi connectivity index (χ2v) is 4.78. The van der Waals surface area contributed by atoms with Crippen LogP contribution in [0.5, 0.6) is 0 Å². The second-order valence-electron chi connectivity index (χ2n) is 4.78. The maximum Gasteiger partial charge on any atom is 0.311 e. The number of rotatable bonds is 8. The molecule has 0 amide bonds. The molecular formula is C14H20O4. The fraction of sp³-hybridized carbons (Fsp3) is 0.500. The number of ether oxygens (including phenoxy) is 2. The molecule has 0 aliphatic heterocycles. The van der Waals surface area contributed by atoms with Crippen molar-refractivity contribution < 1.29 is 19.4 Å². The fourth-order valence-corrected chi connectivity index (χ4v) is 1.27. The van der Waals surface area contributed by atoms with Gasteiger partial charge in [0.25, 0.3) is 0 Å². The number of benzene rings is 1. The molecule has 0 bridgehead atoms. The van der Waals surface area contributed by atoms with Gasteiger partial charge >= 0.3 is 5.97 Å². The van der Waals surface area contributed by atoms with Crippen molar-refractivity contribution >= 4 is 5.97 Å². The molecule has 0 aromatic heterocycles. The first-order valence-electron chi connectivity index (χ1n) is 5.95. The van der Waals surface area contributed by atoms with E-state index in [9.17, 15) is 4.79 Å². The summed E-state index contributed by atoms with van der Waals surface area (Å²) in [7, 11) is 0. The topological polar surface area (TPSA) is 55.8 Å². The van der Waals surface area contributed by atoms with Crippen LogP contribution in [-0.4, -0.2) is 30.9 Å². The van der Waals surface area contributed by atoms with Crippen molar-refractivity contribution in [2.24, 2.45) is 5.41 Å². The molecule has 0 saturated heterocycles. The van der Waals surface area contributed by atoms with E-state index in [1.54, 1.807) is 13.8 Å². The van der Waals surface area contributed by atoms with E-state index in [1.807, 2.05) is 30.3 Å². The molecule has 0 atom stereocenters. The largest absolute Gasteiger partial charge is 0.481 e. The molecule has 0 aliphatic carbocycles. The highest BCUT2D eigenvalue weighted by molar-refractivity contribution is 5.73. The first-order valence-corrected chi connectivity index (χ1v) is 5.95. The van der Waals surface area contributed by atoms with Gasteiger partial charge in [-0.15, -0.1) is 0 Å². The van der Waals surface area contributed by atoms with Crippen LogP contribution < -0.4 is 0 Å². The lowest BCUT2D eigenvalue weighted by Gasteiger charge is -2.18. The second kappa shape index (κ2) is 7.13. The van der Waals surface area contributed by atoms with E-state index < -0.39 is 11.4 Å². The van der Waals surface area contributed by atoms with Crippen LogP contribution in [-0.2, 0) is 20.9 Å². The molecule has 1 aromatic rings. The van der Waals surface area contributed by atoms with Crippen molar-refractivity contribution in [2.45, 2.75) is 20.5 Å². The maximum absolute atomic E-state index is 10.8. The number of carboxylic acid groups (broad SMARTS) is 1. The van der Waals surface area contributed by atoms with Gasteiger partial charge in [0, 0.05) is 0 Å². The first kappa shape index (κ1) is 14.7. The highest BCUT2D eigenvalue weighted by Crippen LogP contribution is 2.15. The maximum atomic E-state index is 10.8. The van der Waals surface area contributed by atoms with Crippen molar-refractivity contribution in [1.29, 1.82) is 0 Å². The Hall–Kier alpha value is -1.39. The Kier molecular flexibility index (Phi) is 5.82. The standard InChI is InChI=1S/C14H20O4/c1-14(2,13(15)16)11-18-9-8-17-10-12-6-4-3-5-7-12/h3-7H,8-11H2,1-2H3,(H,15,16). The van der Waals surface area contributed by atoms with Crippen molar-refractivity contribution in [3.63, 3.8) is 0 Å². The summed E-state index contributed by atoms with van der Waals surface area (Å²) >= 11 is 0. The van der Waals surface area contributed by atoms with Crippen LogP contribution in [0.1, 0.15) is 19.4 Å². The van der Waals surface area contributed by atoms with Crippen molar-refractivity contribution in [3.05, 3.63) is 35.9 Å². The van der Waals surface area contributed by atoms with Crippen LogP contribution in [0.3, 0.4) is 0 Å². The lowest BCUT2D eigenvalue weighted by atomic mass is 9.95. The molecule has 0 spiro atoms. The van der Waals surface area contributed by atoms with Gasteiger partial charge in [0.15, 0.2) is 0 Å². The Balaban J connectivity index is 2.08. The minimum Gasteiger partial charge on any atom is -0.481 e. The van der Waals surface area contributed by atoms with E-state index in [1.165, 1.54) is 0 Å². The van der Waals surface area contributed by atoms with E-state index in [0.717, 1.165) is 5.56 Å². The van der Waals surface area contributed by atoms with Gasteiger partial charge in [-0.05, 0) is 19.4 Å². The molecule has 4 heteroatoms. The van der Waals surface area contributed by atoms with Crippen molar-refractivity contribution in [1.82, 2.24) is 0 Å². The molecule has 1 rings (SSSR count). The zero-order chi connectivity index (χ0) is 13.4. The summed E-state index contributed by atoms with van der Waals surface area (Å²) in [5.74, 6) is -0.854. The predicted molar refractivity (Wildman–Crippen MR) is 68.3 cm³/mol. The molecule has 100 valence electrons. The van der Waals surface area contributed by atoms with Gasteiger partial charge in [-0.3, -0.25) is 4.79 Å². The molecule has 0 aliphatic rings. The number of carbonyl (C=O) groups is 1. The molecule has 1 N–H and O–H groups in total. The summed E-state index contributed by atoms with van der Waals surface area (Å²) in [5, 5.41) is 8.88. The summed E-state index contributed by atoms with van der Waals surface area (Å²) in [4.78, 5) is 10.8. The molecule has 0 heterocycles. The molecule has 0 unspecified atom stereocenters. The molecule has 0 saturated carbocycles. The average molecular weight is 252 g/mol. The summed E-state index contributed by atoms with van der Waals surface area (Å²) in [6, 6.07) is 9.87. The van der Waals surface area contributed by atoms with Gasteiger partial charge < -0.3 is 14.6 Å². The Bertz CT molecular complexity index is 359. The summed E-state index contributed by atoms with van der Waals surface area (Å²) in [6.45, 7) is 4.89. The molecule has 18 heavy (non-hydrogen) atoms. The van der Waals surface area contributed by atoms with Crippen molar-refractivity contribution in [2.75, 3.05) is 19.8 Å². The van der Waals surface area contributed by atoms with Gasteiger partial charge in [-0.25, -0.2) is 0 Å². The smallest absolute Gasteiger partial charge is 0.311 e.